The number of nitrogens with zero attached hydrogens (tertiary/aromatic N) is 1. The second-order valence-corrected chi connectivity index (χ2v) is 5.67. The van der Waals surface area contributed by atoms with Gasteiger partial charge in [0.2, 0.25) is 0 Å². The molecule has 1 saturated carbocycles. The Morgan fingerprint density at radius 3 is 2.78 bits per heavy atom. The van der Waals surface area contributed by atoms with Gasteiger partial charge in [0.1, 0.15) is 0 Å². The number of aryl methyl sites for hydroxylation is 1. The van der Waals surface area contributed by atoms with E-state index >= 15 is 0 Å². The Bertz CT molecular complexity index is 367. The molecule has 2 atom stereocenters. The van der Waals surface area contributed by atoms with Crippen molar-refractivity contribution in [3.63, 3.8) is 0 Å². The highest BCUT2D eigenvalue weighted by Gasteiger charge is 2.23. The van der Waals surface area contributed by atoms with Gasteiger partial charge in [-0.15, -0.1) is 11.6 Å². The zero-order valence-corrected chi connectivity index (χ0v) is 11.9. The van der Waals surface area contributed by atoms with E-state index in [0.29, 0.717) is 5.92 Å². The molecule has 1 heterocycles. The minimum atomic E-state index is 0.707. The Hall–Kier alpha value is -0.600. The molecular formula is C15H23ClN2. The van der Waals surface area contributed by atoms with E-state index < -0.39 is 0 Å². The first-order chi connectivity index (χ1) is 8.79. The van der Waals surface area contributed by atoms with E-state index in [9.17, 15) is 0 Å². The van der Waals surface area contributed by atoms with Gasteiger partial charge in [0.05, 0.1) is 5.69 Å². The highest BCUT2D eigenvalue weighted by Crippen LogP contribution is 2.30. The molecule has 2 rings (SSSR count). The predicted molar refractivity (Wildman–Crippen MR) is 76.8 cm³/mol. The van der Waals surface area contributed by atoms with E-state index in [0.717, 1.165) is 36.3 Å². The Labute approximate surface area is 115 Å². The quantitative estimate of drug-likeness (QED) is 0.825. The summed E-state index contributed by atoms with van der Waals surface area (Å²) in [5.41, 5.74) is 2.22. The largest absolute Gasteiger partial charge is 0.311 e. The molecule has 0 bridgehead atoms. The fraction of sp³-hybridized carbons (Fsp3) is 0.667. The van der Waals surface area contributed by atoms with Gasteiger partial charge < -0.3 is 5.32 Å². The summed E-state index contributed by atoms with van der Waals surface area (Å²) in [7, 11) is 0. The lowest BCUT2D eigenvalue weighted by Gasteiger charge is -2.30. The smallest absolute Gasteiger partial charge is 0.0544 e. The topological polar surface area (TPSA) is 24.9 Å². The van der Waals surface area contributed by atoms with Gasteiger partial charge in [-0.2, -0.15) is 0 Å². The Morgan fingerprint density at radius 2 is 2.06 bits per heavy atom. The van der Waals surface area contributed by atoms with Crippen molar-refractivity contribution in [2.24, 2.45) is 11.8 Å². The zero-order valence-electron chi connectivity index (χ0n) is 11.2. The first kappa shape index (κ1) is 13.8. The van der Waals surface area contributed by atoms with Crippen LogP contribution >= 0.6 is 11.6 Å². The number of pyridine rings is 1. The maximum Gasteiger partial charge on any atom is 0.0544 e. The monoisotopic (exact) mass is 266 g/mol. The van der Waals surface area contributed by atoms with Crippen LogP contribution in [-0.2, 0) is 6.54 Å². The molecule has 1 aromatic heterocycles. The number of halogens is 1. The number of alkyl halides is 1. The van der Waals surface area contributed by atoms with E-state index in [4.69, 9.17) is 11.6 Å². The lowest BCUT2D eigenvalue weighted by atomic mass is 9.80. The Balaban J connectivity index is 1.77. The van der Waals surface area contributed by atoms with E-state index in [1.165, 1.54) is 25.7 Å². The Kier molecular flexibility index (Phi) is 5.45. The van der Waals surface area contributed by atoms with Crippen LogP contribution in [0.3, 0.4) is 0 Å². The van der Waals surface area contributed by atoms with E-state index in [-0.39, 0.29) is 0 Å². The van der Waals surface area contributed by atoms with Crippen molar-refractivity contribution in [2.45, 2.75) is 39.2 Å². The number of hydrogen-bond donors (Lipinski definition) is 1. The number of rotatable bonds is 5. The third-order valence-corrected chi connectivity index (χ3v) is 4.32. The molecule has 0 radical (unpaired) electrons. The van der Waals surface area contributed by atoms with Gasteiger partial charge in [0, 0.05) is 18.1 Å². The van der Waals surface area contributed by atoms with Crippen LogP contribution in [0.2, 0.25) is 0 Å². The zero-order chi connectivity index (χ0) is 12.8. The van der Waals surface area contributed by atoms with Gasteiger partial charge in [-0.1, -0.05) is 18.9 Å². The van der Waals surface area contributed by atoms with E-state index in [1.54, 1.807) is 0 Å². The summed E-state index contributed by atoms with van der Waals surface area (Å²) in [4.78, 5) is 4.51. The minimum Gasteiger partial charge on any atom is -0.311 e. The van der Waals surface area contributed by atoms with Crippen LogP contribution in [-0.4, -0.2) is 17.4 Å². The SMILES string of the molecule is Cc1cccc(CNCC2CCCCC2CCl)n1. The molecule has 0 spiro atoms. The maximum absolute atomic E-state index is 6.05. The summed E-state index contributed by atoms with van der Waals surface area (Å²) in [6.45, 7) is 3.98. The summed E-state index contributed by atoms with van der Waals surface area (Å²) < 4.78 is 0. The van der Waals surface area contributed by atoms with Crippen LogP contribution in [0.4, 0.5) is 0 Å². The van der Waals surface area contributed by atoms with Crippen molar-refractivity contribution >= 4 is 11.6 Å². The molecule has 0 aromatic carbocycles. The third kappa shape index (κ3) is 3.96. The highest BCUT2D eigenvalue weighted by molar-refractivity contribution is 6.18. The van der Waals surface area contributed by atoms with Crippen molar-refractivity contribution in [1.82, 2.24) is 10.3 Å². The molecule has 2 unspecified atom stereocenters. The Morgan fingerprint density at radius 1 is 1.28 bits per heavy atom. The van der Waals surface area contributed by atoms with Crippen LogP contribution in [0.5, 0.6) is 0 Å². The van der Waals surface area contributed by atoms with Gasteiger partial charge in [-0.05, 0) is 50.3 Å². The summed E-state index contributed by atoms with van der Waals surface area (Å²) in [5.74, 6) is 2.27. The van der Waals surface area contributed by atoms with Crippen LogP contribution < -0.4 is 5.32 Å². The first-order valence-corrected chi connectivity index (χ1v) is 7.52. The molecule has 100 valence electrons. The van der Waals surface area contributed by atoms with Gasteiger partial charge in [-0.3, -0.25) is 4.98 Å². The molecule has 1 fully saturated rings. The molecule has 0 saturated heterocycles. The molecule has 3 heteroatoms. The summed E-state index contributed by atoms with van der Waals surface area (Å²) in [6, 6.07) is 6.19. The fourth-order valence-corrected chi connectivity index (χ4v) is 3.25. The molecule has 2 nitrogen and oxygen atoms in total. The minimum absolute atomic E-state index is 0.707. The number of hydrogen-bond acceptors (Lipinski definition) is 2. The molecule has 1 aliphatic rings. The summed E-state index contributed by atoms with van der Waals surface area (Å²) in [6.07, 6.45) is 5.35. The second-order valence-electron chi connectivity index (χ2n) is 5.36. The first-order valence-electron chi connectivity index (χ1n) is 6.99. The molecule has 0 amide bonds. The molecule has 1 N–H and O–H groups in total. The normalized spacial score (nSPS) is 24.1. The van der Waals surface area contributed by atoms with Crippen LogP contribution in [0.25, 0.3) is 0 Å². The van der Waals surface area contributed by atoms with Crippen LogP contribution in [0, 0.1) is 18.8 Å². The maximum atomic E-state index is 6.05. The van der Waals surface area contributed by atoms with E-state index in [1.807, 2.05) is 13.0 Å². The van der Waals surface area contributed by atoms with E-state index in [2.05, 4.69) is 22.4 Å². The van der Waals surface area contributed by atoms with Crippen LogP contribution in [0.1, 0.15) is 37.1 Å². The average molecular weight is 267 g/mol. The van der Waals surface area contributed by atoms with Crippen molar-refractivity contribution in [3.8, 4) is 0 Å². The molecule has 18 heavy (non-hydrogen) atoms. The lowest BCUT2D eigenvalue weighted by molar-refractivity contribution is 0.250. The predicted octanol–water partition coefficient (Wildman–Crippen LogP) is 3.52. The number of nitrogens with one attached hydrogen (secondary N) is 1. The van der Waals surface area contributed by atoms with Crippen molar-refractivity contribution in [1.29, 1.82) is 0 Å². The third-order valence-electron chi connectivity index (χ3n) is 3.92. The fourth-order valence-electron chi connectivity index (χ4n) is 2.84. The van der Waals surface area contributed by atoms with Gasteiger partial charge in [-0.25, -0.2) is 0 Å². The van der Waals surface area contributed by atoms with Gasteiger partial charge in [0.15, 0.2) is 0 Å². The molecule has 0 aliphatic heterocycles. The van der Waals surface area contributed by atoms with Gasteiger partial charge in [0.25, 0.3) is 0 Å². The van der Waals surface area contributed by atoms with Crippen molar-refractivity contribution in [2.75, 3.05) is 12.4 Å². The van der Waals surface area contributed by atoms with Gasteiger partial charge >= 0.3 is 0 Å². The van der Waals surface area contributed by atoms with Crippen molar-refractivity contribution in [3.05, 3.63) is 29.6 Å². The average Bonchev–Trinajstić information content (AvgIpc) is 2.39. The molecule has 1 aliphatic carbocycles. The van der Waals surface area contributed by atoms with Crippen molar-refractivity contribution < 1.29 is 0 Å². The second kappa shape index (κ2) is 7.10. The highest BCUT2D eigenvalue weighted by atomic mass is 35.5. The summed E-state index contributed by atoms with van der Waals surface area (Å²) in [5, 5.41) is 3.54. The standard InChI is InChI=1S/C15H23ClN2/c1-12-5-4-8-15(18-12)11-17-10-14-7-3-2-6-13(14)9-16/h4-5,8,13-14,17H,2-3,6-7,9-11H2,1H3. The molecule has 1 aromatic rings. The lowest BCUT2D eigenvalue weighted by Crippen LogP contribution is -2.31. The molecular weight excluding hydrogens is 244 g/mol. The number of aromatic nitrogens is 1. The summed E-state index contributed by atoms with van der Waals surface area (Å²) >= 11 is 6.05. The van der Waals surface area contributed by atoms with Crippen LogP contribution in [0.15, 0.2) is 18.2 Å².